The number of rotatable bonds is 3. The molecule has 2 rings (SSSR count). The second kappa shape index (κ2) is 4.45. The zero-order chi connectivity index (χ0) is 11.5. The van der Waals surface area contributed by atoms with E-state index in [1.165, 1.54) is 0 Å². The van der Waals surface area contributed by atoms with Gasteiger partial charge in [0.05, 0.1) is 6.04 Å². The number of benzene rings is 1. The average Bonchev–Trinajstić information content (AvgIpc) is 2.77. The molecule has 0 saturated carbocycles. The van der Waals surface area contributed by atoms with Crippen LogP contribution in [0.4, 0.5) is 0 Å². The lowest BCUT2D eigenvalue weighted by Crippen LogP contribution is -2.14. The van der Waals surface area contributed by atoms with Gasteiger partial charge in [-0.25, -0.2) is 0 Å². The zero-order valence-corrected chi connectivity index (χ0v) is 9.47. The number of hydrogen-bond donors (Lipinski definition) is 1. The van der Waals surface area contributed by atoms with E-state index in [0.717, 1.165) is 17.5 Å². The van der Waals surface area contributed by atoms with E-state index >= 15 is 0 Å². The minimum Gasteiger partial charge on any atom is -0.339 e. The van der Waals surface area contributed by atoms with Crippen molar-refractivity contribution in [1.82, 2.24) is 10.1 Å². The Labute approximate surface area is 94.5 Å². The van der Waals surface area contributed by atoms with Crippen LogP contribution in [0.3, 0.4) is 0 Å². The third-order valence-corrected chi connectivity index (χ3v) is 2.59. The van der Waals surface area contributed by atoms with Gasteiger partial charge in [0.2, 0.25) is 5.89 Å². The minimum absolute atomic E-state index is 0.315. The molecule has 1 unspecified atom stereocenters. The van der Waals surface area contributed by atoms with Crippen LogP contribution in [-0.4, -0.2) is 10.1 Å². The monoisotopic (exact) mass is 217 g/mol. The van der Waals surface area contributed by atoms with E-state index in [9.17, 15) is 0 Å². The second-order valence-corrected chi connectivity index (χ2v) is 3.73. The Hall–Kier alpha value is -1.68. The highest BCUT2D eigenvalue weighted by atomic mass is 16.5. The molecule has 0 aliphatic rings. The highest BCUT2D eigenvalue weighted by Crippen LogP contribution is 2.20. The molecule has 0 amide bonds. The van der Waals surface area contributed by atoms with Crippen LogP contribution in [0, 0.1) is 6.92 Å². The molecule has 1 aromatic heterocycles. The molecule has 0 radical (unpaired) electrons. The molecule has 16 heavy (non-hydrogen) atoms. The van der Waals surface area contributed by atoms with Gasteiger partial charge in [-0.2, -0.15) is 4.98 Å². The predicted molar refractivity (Wildman–Crippen MR) is 60.9 cm³/mol. The lowest BCUT2D eigenvalue weighted by molar-refractivity contribution is 0.375. The normalized spacial score (nSPS) is 12.7. The van der Waals surface area contributed by atoms with E-state index in [1.54, 1.807) is 0 Å². The van der Waals surface area contributed by atoms with E-state index in [-0.39, 0.29) is 6.04 Å². The van der Waals surface area contributed by atoms with Crippen molar-refractivity contribution in [2.24, 2.45) is 5.73 Å². The van der Waals surface area contributed by atoms with Crippen LogP contribution in [0.1, 0.15) is 35.8 Å². The third kappa shape index (κ3) is 1.97. The largest absolute Gasteiger partial charge is 0.339 e. The van der Waals surface area contributed by atoms with Crippen LogP contribution in [0.25, 0.3) is 0 Å². The summed E-state index contributed by atoms with van der Waals surface area (Å²) in [5.74, 6) is 1.17. The van der Waals surface area contributed by atoms with Gasteiger partial charge in [-0.3, -0.25) is 0 Å². The number of aromatic nitrogens is 2. The minimum atomic E-state index is -0.315. The fourth-order valence-corrected chi connectivity index (χ4v) is 1.61. The van der Waals surface area contributed by atoms with Crippen LogP contribution in [0.15, 0.2) is 28.8 Å². The molecule has 2 N–H and O–H groups in total. The van der Waals surface area contributed by atoms with Crippen LogP contribution in [0.5, 0.6) is 0 Å². The van der Waals surface area contributed by atoms with Crippen molar-refractivity contribution in [2.75, 3.05) is 0 Å². The lowest BCUT2D eigenvalue weighted by Gasteiger charge is -2.10. The summed E-state index contributed by atoms with van der Waals surface area (Å²) < 4.78 is 5.06. The molecule has 2 aromatic rings. The van der Waals surface area contributed by atoms with Gasteiger partial charge in [0.1, 0.15) is 0 Å². The lowest BCUT2D eigenvalue weighted by atomic mass is 10.0. The van der Waals surface area contributed by atoms with Crippen molar-refractivity contribution in [3.8, 4) is 0 Å². The number of aryl methyl sites for hydroxylation is 2. The second-order valence-electron chi connectivity index (χ2n) is 3.73. The molecule has 1 atom stereocenters. The van der Waals surface area contributed by atoms with Gasteiger partial charge < -0.3 is 10.3 Å². The quantitative estimate of drug-likeness (QED) is 0.853. The van der Waals surface area contributed by atoms with E-state index in [4.69, 9.17) is 10.3 Å². The van der Waals surface area contributed by atoms with Gasteiger partial charge in [-0.05, 0) is 18.1 Å². The Kier molecular flexibility index (Phi) is 3.01. The van der Waals surface area contributed by atoms with Gasteiger partial charge in [-0.1, -0.05) is 36.3 Å². The van der Waals surface area contributed by atoms with Crippen molar-refractivity contribution in [3.05, 3.63) is 47.1 Å². The van der Waals surface area contributed by atoms with E-state index in [0.29, 0.717) is 11.7 Å². The first-order valence-electron chi connectivity index (χ1n) is 5.36. The first kappa shape index (κ1) is 10.8. The molecule has 0 saturated heterocycles. The zero-order valence-electron chi connectivity index (χ0n) is 9.47. The van der Waals surface area contributed by atoms with Crippen LogP contribution < -0.4 is 5.73 Å². The summed E-state index contributed by atoms with van der Waals surface area (Å²) in [6, 6.07) is 7.64. The van der Waals surface area contributed by atoms with Crippen molar-refractivity contribution in [2.45, 2.75) is 26.3 Å². The molecule has 84 valence electrons. The summed E-state index contributed by atoms with van der Waals surface area (Å²) in [6.07, 6.45) is 0.730. The van der Waals surface area contributed by atoms with Gasteiger partial charge in [0.15, 0.2) is 5.82 Å². The summed E-state index contributed by atoms with van der Waals surface area (Å²) in [7, 11) is 0. The standard InChI is InChI=1S/C12H15N3O/c1-3-10-14-12(15-16-10)11(13)9-7-5-4-6-8(9)2/h4-7,11H,3,13H2,1-2H3. The van der Waals surface area contributed by atoms with Crippen LogP contribution in [0.2, 0.25) is 0 Å². The molecular weight excluding hydrogens is 202 g/mol. The summed E-state index contributed by atoms with van der Waals surface area (Å²) in [5.41, 5.74) is 8.27. The number of nitrogens with two attached hydrogens (primary N) is 1. The van der Waals surface area contributed by atoms with Crippen molar-refractivity contribution in [1.29, 1.82) is 0 Å². The molecule has 4 nitrogen and oxygen atoms in total. The Morgan fingerprint density at radius 1 is 1.38 bits per heavy atom. The SMILES string of the molecule is CCc1nc(C(N)c2ccccc2C)no1. The predicted octanol–water partition coefficient (Wildman–Crippen LogP) is 1.99. The molecule has 0 aliphatic carbocycles. The topological polar surface area (TPSA) is 64.9 Å². The Balaban J connectivity index is 2.31. The molecular formula is C12H15N3O. The maximum Gasteiger partial charge on any atom is 0.226 e. The van der Waals surface area contributed by atoms with Crippen molar-refractivity contribution >= 4 is 0 Å². The van der Waals surface area contributed by atoms with E-state index < -0.39 is 0 Å². The van der Waals surface area contributed by atoms with Crippen molar-refractivity contribution in [3.63, 3.8) is 0 Å². The highest BCUT2D eigenvalue weighted by Gasteiger charge is 2.16. The first-order valence-corrected chi connectivity index (χ1v) is 5.36. The Morgan fingerprint density at radius 2 is 2.12 bits per heavy atom. The van der Waals surface area contributed by atoms with E-state index in [2.05, 4.69) is 10.1 Å². The smallest absolute Gasteiger partial charge is 0.226 e. The Morgan fingerprint density at radius 3 is 2.75 bits per heavy atom. The van der Waals surface area contributed by atoms with Crippen molar-refractivity contribution < 1.29 is 4.52 Å². The molecule has 1 aromatic carbocycles. The molecule has 0 bridgehead atoms. The van der Waals surface area contributed by atoms with Gasteiger partial charge in [0.25, 0.3) is 0 Å². The summed E-state index contributed by atoms with van der Waals surface area (Å²) >= 11 is 0. The molecule has 0 aliphatic heterocycles. The Bertz CT molecular complexity index is 479. The van der Waals surface area contributed by atoms with Crippen LogP contribution in [-0.2, 0) is 6.42 Å². The van der Waals surface area contributed by atoms with Gasteiger partial charge in [-0.15, -0.1) is 0 Å². The summed E-state index contributed by atoms with van der Waals surface area (Å²) in [4.78, 5) is 4.24. The molecule has 4 heteroatoms. The average molecular weight is 217 g/mol. The number of hydrogen-bond acceptors (Lipinski definition) is 4. The third-order valence-electron chi connectivity index (χ3n) is 2.59. The van der Waals surface area contributed by atoms with Gasteiger partial charge >= 0.3 is 0 Å². The molecule has 1 heterocycles. The fourth-order valence-electron chi connectivity index (χ4n) is 1.61. The maximum absolute atomic E-state index is 6.10. The number of nitrogens with zero attached hydrogens (tertiary/aromatic N) is 2. The highest BCUT2D eigenvalue weighted by molar-refractivity contribution is 5.31. The molecule has 0 fully saturated rings. The maximum atomic E-state index is 6.10. The van der Waals surface area contributed by atoms with E-state index in [1.807, 2.05) is 38.1 Å². The first-order chi connectivity index (χ1) is 7.72. The summed E-state index contributed by atoms with van der Waals surface area (Å²) in [5, 5.41) is 3.89. The summed E-state index contributed by atoms with van der Waals surface area (Å²) in [6.45, 7) is 3.99. The van der Waals surface area contributed by atoms with Crippen LogP contribution >= 0.6 is 0 Å². The fraction of sp³-hybridized carbons (Fsp3) is 0.333. The molecule has 0 spiro atoms. The van der Waals surface area contributed by atoms with Gasteiger partial charge in [0, 0.05) is 6.42 Å².